The van der Waals surface area contributed by atoms with Crippen molar-refractivity contribution in [3.63, 3.8) is 0 Å². The van der Waals surface area contributed by atoms with Crippen molar-refractivity contribution in [2.45, 2.75) is 25.7 Å². The molecule has 0 atom stereocenters. The van der Waals surface area contributed by atoms with E-state index in [1.54, 1.807) is 0 Å². The average Bonchev–Trinajstić information content (AvgIpc) is 3.03. The van der Waals surface area contributed by atoms with Crippen LogP contribution >= 0.6 is 23.2 Å². The number of ether oxygens (including phenoxy) is 1. The lowest BCUT2D eigenvalue weighted by molar-refractivity contribution is -0.120. The molecule has 4 rings (SSSR count). The molecule has 2 amide bonds. The molecule has 6 nitrogen and oxygen atoms in total. The standard InChI is InChI=1S/C23H16Cl2FNO5/c24-13-7-5-12(6-8-13)20(28)11-32-23(31)16-9-19(18(26)10-17(16)25)27-21(29)14-3-1-2-4-15(14)22(27)30/h5-10H,1-4,11H2. The van der Waals surface area contributed by atoms with E-state index in [0.29, 0.717) is 29.0 Å². The van der Waals surface area contributed by atoms with Gasteiger partial charge >= 0.3 is 5.97 Å². The largest absolute Gasteiger partial charge is 0.454 e. The Morgan fingerprint density at radius 2 is 1.56 bits per heavy atom. The lowest BCUT2D eigenvalue weighted by Crippen LogP contribution is -2.32. The number of Topliss-reactive ketones (excluding diaryl/α,β-unsaturated/α-hetero) is 1. The summed E-state index contributed by atoms with van der Waals surface area (Å²) in [5, 5.41) is 0.179. The summed E-state index contributed by atoms with van der Waals surface area (Å²) in [6, 6.07) is 7.87. The summed E-state index contributed by atoms with van der Waals surface area (Å²) in [4.78, 5) is 51.0. The maximum atomic E-state index is 14.7. The fourth-order valence-corrected chi connectivity index (χ4v) is 4.11. The predicted molar refractivity (Wildman–Crippen MR) is 115 cm³/mol. The Labute approximate surface area is 192 Å². The maximum Gasteiger partial charge on any atom is 0.340 e. The third-order valence-corrected chi connectivity index (χ3v) is 5.95. The van der Waals surface area contributed by atoms with E-state index < -0.39 is 36.0 Å². The summed E-state index contributed by atoms with van der Waals surface area (Å²) < 4.78 is 19.7. The molecule has 1 aliphatic heterocycles. The van der Waals surface area contributed by atoms with Gasteiger partial charge in [-0.2, -0.15) is 0 Å². The van der Waals surface area contributed by atoms with E-state index in [9.17, 15) is 23.6 Å². The number of carbonyl (C=O) groups excluding carboxylic acids is 4. The van der Waals surface area contributed by atoms with Gasteiger partial charge in [0.15, 0.2) is 12.4 Å². The average molecular weight is 476 g/mol. The van der Waals surface area contributed by atoms with Crippen LogP contribution < -0.4 is 4.90 Å². The molecular formula is C23H16Cl2FNO5. The number of hydrogen-bond donors (Lipinski definition) is 0. The first-order chi connectivity index (χ1) is 15.3. The number of anilines is 1. The van der Waals surface area contributed by atoms with Crippen LogP contribution in [-0.4, -0.2) is 30.2 Å². The molecular weight excluding hydrogens is 460 g/mol. The summed E-state index contributed by atoms with van der Waals surface area (Å²) in [5.74, 6) is -3.58. The minimum Gasteiger partial charge on any atom is -0.454 e. The number of nitrogens with zero attached hydrogens (tertiary/aromatic N) is 1. The molecule has 0 fully saturated rings. The molecule has 2 aromatic carbocycles. The van der Waals surface area contributed by atoms with E-state index in [4.69, 9.17) is 27.9 Å². The summed E-state index contributed by atoms with van der Waals surface area (Å²) in [5.41, 5.74) is 0.409. The summed E-state index contributed by atoms with van der Waals surface area (Å²) >= 11 is 11.8. The Balaban J connectivity index is 1.55. The predicted octanol–water partition coefficient (Wildman–Crippen LogP) is 4.92. The molecule has 164 valence electrons. The monoisotopic (exact) mass is 475 g/mol. The van der Waals surface area contributed by atoms with Gasteiger partial charge in [0.25, 0.3) is 11.8 Å². The van der Waals surface area contributed by atoms with Crippen LogP contribution in [0.3, 0.4) is 0 Å². The zero-order chi connectivity index (χ0) is 23.0. The number of amides is 2. The van der Waals surface area contributed by atoms with Crippen molar-refractivity contribution in [3.05, 3.63) is 74.5 Å². The molecule has 0 bridgehead atoms. The summed E-state index contributed by atoms with van der Waals surface area (Å²) in [6.07, 6.45) is 2.45. The van der Waals surface area contributed by atoms with Crippen LogP contribution in [-0.2, 0) is 14.3 Å². The van der Waals surface area contributed by atoms with Gasteiger partial charge in [0, 0.05) is 21.7 Å². The number of esters is 1. The van der Waals surface area contributed by atoms with Gasteiger partial charge < -0.3 is 4.74 Å². The number of halogens is 3. The fourth-order valence-electron chi connectivity index (χ4n) is 3.75. The van der Waals surface area contributed by atoms with Crippen LogP contribution in [0.25, 0.3) is 0 Å². The summed E-state index contributed by atoms with van der Waals surface area (Å²) in [7, 11) is 0. The van der Waals surface area contributed by atoms with Crippen molar-refractivity contribution in [2.24, 2.45) is 0 Å². The molecule has 32 heavy (non-hydrogen) atoms. The van der Waals surface area contributed by atoms with Crippen LogP contribution in [0.4, 0.5) is 10.1 Å². The van der Waals surface area contributed by atoms with E-state index in [1.807, 2.05) is 0 Å². The molecule has 0 aromatic heterocycles. The highest BCUT2D eigenvalue weighted by Gasteiger charge is 2.41. The van der Waals surface area contributed by atoms with Gasteiger partial charge in [-0.05, 0) is 62.1 Å². The molecule has 0 saturated carbocycles. The number of rotatable bonds is 5. The van der Waals surface area contributed by atoms with Gasteiger partial charge in [-0.1, -0.05) is 23.2 Å². The first-order valence-corrected chi connectivity index (χ1v) is 10.6. The normalized spacial score (nSPS) is 15.8. The Morgan fingerprint density at radius 1 is 0.969 bits per heavy atom. The number of hydrogen-bond acceptors (Lipinski definition) is 5. The lowest BCUT2D eigenvalue weighted by Gasteiger charge is -2.17. The van der Waals surface area contributed by atoms with Gasteiger partial charge in [0.1, 0.15) is 5.82 Å². The van der Waals surface area contributed by atoms with Gasteiger partial charge in [-0.15, -0.1) is 0 Å². The van der Waals surface area contributed by atoms with Crippen LogP contribution in [0.2, 0.25) is 10.0 Å². The molecule has 2 aliphatic rings. The van der Waals surface area contributed by atoms with Crippen molar-refractivity contribution in [1.29, 1.82) is 0 Å². The third kappa shape index (κ3) is 4.06. The molecule has 0 unspecified atom stereocenters. The maximum absolute atomic E-state index is 14.7. The molecule has 1 aliphatic carbocycles. The second kappa shape index (κ2) is 8.84. The van der Waals surface area contributed by atoms with Crippen molar-refractivity contribution in [1.82, 2.24) is 0 Å². The van der Waals surface area contributed by atoms with E-state index in [2.05, 4.69) is 0 Å². The van der Waals surface area contributed by atoms with Gasteiger partial charge in [-0.25, -0.2) is 14.1 Å². The molecule has 0 N–H and O–H groups in total. The minimum atomic E-state index is -0.990. The Bertz CT molecular complexity index is 1160. The summed E-state index contributed by atoms with van der Waals surface area (Å²) in [6.45, 7) is -0.582. The van der Waals surface area contributed by atoms with Gasteiger partial charge in [0.05, 0.1) is 16.3 Å². The Hall–Kier alpha value is -3.03. The highest BCUT2D eigenvalue weighted by atomic mass is 35.5. The first-order valence-electron chi connectivity index (χ1n) is 9.83. The zero-order valence-electron chi connectivity index (χ0n) is 16.6. The molecule has 0 spiro atoms. The SMILES string of the molecule is O=C(COC(=O)c1cc(N2C(=O)C3=C(CCCC3)C2=O)c(F)cc1Cl)c1ccc(Cl)cc1. The van der Waals surface area contributed by atoms with Crippen LogP contribution in [0.5, 0.6) is 0 Å². The van der Waals surface area contributed by atoms with Crippen molar-refractivity contribution >= 4 is 52.5 Å². The molecule has 2 aromatic rings. The van der Waals surface area contributed by atoms with Crippen LogP contribution in [0.15, 0.2) is 47.5 Å². The highest BCUT2D eigenvalue weighted by Crippen LogP contribution is 2.38. The van der Waals surface area contributed by atoms with E-state index in [-0.39, 0.29) is 21.8 Å². The molecule has 0 saturated heterocycles. The second-order valence-corrected chi connectivity index (χ2v) is 8.24. The van der Waals surface area contributed by atoms with Crippen LogP contribution in [0.1, 0.15) is 46.4 Å². The highest BCUT2D eigenvalue weighted by molar-refractivity contribution is 6.35. The Morgan fingerprint density at radius 3 is 2.16 bits per heavy atom. The smallest absolute Gasteiger partial charge is 0.340 e. The Kier molecular flexibility index (Phi) is 6.13. The second-order valence-electron chi connectivity index (χ2n) is 7.40. The van der Waals surface area contributed by atoms with Crippen molar-refractivity contribution in [3.8, 4) is 0 Å². The van der Waals surface area contributed by atoms with Gasteiger partial charge in [0.2, 0.25) is 0 Å². The molecule has 9 heteroatoms. The lowest BCUT2D eigenvalue weighted by atomic mass is 9.93. The van der Waals surface area contributed by atoms with Crippen molar-refractivity contribution in [2.75, 3.05) is 11.5 Å². The quantitative estimate of drug-likeness (QED) is 0.348. The minimum absolute atomic E-state index is 0.266. The van der Waals surface area contributed by atoms with Gasteiger partial charge in [-0.3, -0.25) is 14.4 Å². The molecule has 0 radical (unpaired) electrons. The van der Waals surface area contributed by atoms with E-state index >= 15 is 0 Å². The van der Waals surface area contributed by atoms with E-state index in [1.165, 1.54) is 24.3 Å². The van der Waals surface area contributed by atoms with E-state index in [0.717, 1.165) is 29.9 Å². The first kappa shape index (κ1) is 22.2. The number of benzene rings is 2. The topological polar surface area (TPSA) is 80.8 Å². The third-order valence-electron chi connectivity index (χ3n) is 5.39. The number of carbonyl (C=O) groups is 4. The number of imide groups is 1. The molecule has 1 heterocycles. The number of ketones is 1. The van der Waals surface area contributed by atoms with Crippen LogP contribution in [0, 0.1) is 5.82 Å². The zero-order valence-corrected chi connectivity index (χ0v) is 18.1. The van der Waals surface area contributed by atoms with Crippen molar-refractivity contribution < 1.29 is 28.3 Å². The fraction of sp³-hybridized carbons (Fsp3) is 0.217.